The van der Waals surface area contributed by atoms with Gasteiger partial charge in [-0.25, -0.2) is 8.78 Å². The standard InChI is InChI=1S/C27H31ClF5N5O2/c28-19-4-6-21(22(14-19)38-12-10-37(11-13-38)9-7-27(31,32)33)36-26(40)20-5-3-17(23(29)24(20)30)16-35-25(39)18-2-1-8-34-15-18/h3-6,14,18,34H,1-2,7-13,15-16H2,(H,35,39)(H,36,40). The minimum absolute atomic E-state index is 0.0817. The Morgan fingerprint density at radius 2 is 1.80 bits per heavy atom. The highest BCUT2D eigenvalue weighted by Crippen LogP contribution is 2.31. The first kappa shape index (κ1) is 30.0. The van der Waals surface area contributed by atoms with Gasteiger partial charge < -0.3 is 20.9 Å². The summed E-state index contributed by atoms with van der Waals surface area (Å²) in [7, 11) is 0. The van der Waals surface area contributed by atoms with Crippen molar-refractivity contribution in [2.75, 3.05) is 56.0 Å². The number of nitrogens with zero attached hydrogens (tertiary/aromatic N) is 2. The van der Waals surface area contributed by atoms with Crippen LogP contribution in [0.15, 0.2) is 30.3 Å². The molecule has 0 aromatic heterocycles. The fourth-order valence-corrected chi connectivity index (χ4v) is 5.03. The van der Waals surface area contributed by atoms with Crippen LogP contribution in [0.4, 0.5) is 33.3 Å². The second-order valence-corrected chi connectivity index (χ2v) is 10.4. The van der Waals surface area contributed by atoms with Crippen molar-refractivity contribution < 1.29 is 31.5 Å². The van der Waals surface area contributed by atoms with Gasteiger partial charge in [0.2, 0.25) is 5.91 Å². The van der Waals surface area contributed by atoms with E-state index in [0.717, 1.165) is 25.5 Å². The fourth-order valence-electron chi connectivity index (χ4n) is 4.86. The van der Waals surface area contributed by atoms with Crippen LogP contribution in [0.5, 0.6) is 0 Å². The molecule has 2 heterocycles. The molecule has 1 unspecified atom stereocenters. The Balaban J connectivity index is 1.40. The van der Waals surface area contributed by atoms with Gasteiger partial charge in [-0.15, -0.1) is 0 Å². The molecule has 0 spiro atoms. The molecule has 2 saturated heterocycles. The Bertz CT molecular complexity index is 1210. The van der Waals surface area contributed by atoms with Crippen molar-refractivity contribution in [2.45, 2.75) is 32.0 Å². The van der Waals surface area contributed by atoms with Crippen molar-refractivity contribution in [3.8, 4) is 0 Å². The smallest absolute Gasteiger partial charge is 0.367 e. The lowest BCUT2D eigenvalue weighted by molar-refractivity contribution is -0.138. The normalized spacial score (nSPS) is 18.4. The summed E-state index contributed by atoms with van der Waals surface area (Å²) in [6, 6.07) is 7.09. The van der Waals surface area contributed by atoms with E-state index in [0.29, 0.717) is 49.1 Å². The van der Waals surface area contributed by atoms with E-state index in [1.165, 1.54) is 18.2 Å². The van der Waals surface area contributed by atoms with Crippen LogP contribution in [0.1, 0.15) is 35.2 Å². The van der Waals surface area contributed by atoms with E-state index in [9.17, 15) is 31.5 Å². The van der Waals surface area contributed by atoms with Gasteiger partial charge in [0.15, 0.2) is 11.6 Å². The number of alkyl halides is 3. The van der Waals surface area contributed by atoms with Gasteiger partial charge in [0.1, 0.15) is 0 Å². The van der Waals surface area contributed by atoms with Crippen molar-refractivity contribution >= 4 is 34.8 Å². The van der Waals surface area contributed by atoms with Gasteiger partial charge >= 0.3 is 6.18 Å². The molecule has 0 radical (unpaired) electrons. The van der Waals surface area contributed by atoms with Crippen molar-refractivity contribution in [1.82, 2.24) is 15.5 Å². The van der Waals surface area contributed by atoms with Crippen molar-refractivity contribution in [2.24, 2.45) is 5.92 Å². The van der Waals surface area contributed by atoms with Crippen molar-refractivity contribution in [3.05, 3.63) is 58.1 Å². The Labute approximate surface area is 234 Å². The van der Waals surface area contributed by atoms with Crippen LogP contribution < -0.4 is 20.9 Å². The summed E-state index contributed by atoms with van der Waals surface area (Å²) in [6.07, 6.45) is -3.54. The fraction of sp³-hybridized carbons (Fsp3) is 0.481. The molecule has 3 N–H and O–H groups in total. The van der Waals surface area contributed by atoms with E-state index in [-0.39, 0.29) is 30.5 Å². The largest absolute Gasteiger partial charge is 0.390 e. The number of piperazine rings is 1. The van der Waals surface area contributed by atoms with Gasteiger partial charge in [-0.05, 0) is 43.7 Å². The quantitative estimate of drug-likeness (QED) is 0.395. The monoisotopic (exact) mass is 587 g/mol. The summed E-state index contributed by atoms with van der Waals surface area (Å²) in [5.74, 6) is -3.92. The summed E-state index contributed by atoms with van der Waals surface area (Å²) < 4.78 is 67.5. The van der Waals surface area contributed by atoms with Crippen LogP contribution in [0.25, 0.3) is 0 Å². The van der Waals surface area contributed by atoms with Gasteiger partial charge in [0.05, 0.1) is 29.3 Å². The Morgan fingerprint density at radius 3 is 2.48 bits per heavy atom. The van der Waals surface area contributed by atoms with Crippen LogP contribution in [-0.4, -0.2) is 68.7 Å². The summed E-state index contributed by atoms with van der Waals surface area (Å²) in [5, 5.41) is 8.73. The molecule has 0 saturated carbocycles. The summed E-state index contributed by atoms with van der Waals surface area (Å²) >= 11 is 6.17. The molecule has 2 aliphatic heterocycles. The first-order chi connectivity index (χ1) is 19.0. The minimum atomic E-state index is -4.23. The molecular formula is C27H31ClF5N5O2. The van der Waals surface area contributed by atoms with E-state index in [1.54, 1.807) is 11.0 Å². The highest BCUT2D eigenvalue weighted by atomic mass is 35.5. The Hall–Kier alpha value is -2.96. The number of halogens is 6. The van der Waals surface area contributed by atoms with Crippen molar-refractivity contribution in [1.29, 1.82) is 0 Å². The number of carbonyl (C=O) groups is 2. The maximum Gasteiger partial charge on any atom is 0.390 e. The third-order valence-corrected chi connectivity index (χ3v) is 7.40. The van der Waals surface area contributed by atoms with Crippen LogP contribution in [0, 0.1) is 17.6 Å². The number of hydrogen-bond acceptors (Lipinski definition) is 5. The van der Waals surface area contributed by atoms with Gasteiger partial charge in [-0.2, -0.15) is 13.2 Å². The zero-order chi connectivity index (χ0) is 28.9. The van der Waals surface area contributed by atoms with Crippen LogP contribution in [-0.2, 0) is 11.3 Å². The highest BCUT2D eigenvalue weighted by molar-refractivity contribution is 6.31. The number of carbonyl (C=O) groups excluding carboxylic acids is 2. The topological polar surface area (TPSA) is 76.7 Å². The average molecular weight is 588 g/mol. The molecule has 0 aliphatic carbocycles. The third-order valence-electron chi connectivity index (χ3n) is 7.16. The average Bonchev–Trinajstić information content (AvgIpc) is 2.94. The van der Waals surface area contributed by atoms with Gasteiger partial charge in [0.25, 0.3) is 5.91 Å². The van der Waals surface area contributed by atoms with E-state index >= 15 is 0 Å². The lowest BCUT2D eigenvalue weighted by Crippen LogP contribution is -2.47. The first-order valence-corrected chi connectivity index (χ1v) is 13.5. The second kappa shape index (κ2) is 13.1. The lowest BCUT2D eigenvalue weighted by atomic mass is 9.98. The van der Waals surface area contributed by atoms with Gasteiger partial charge in [0, 0.05) is 56.4 Å². The molecule has 40 heavy (non-hydrogen) atoms. The maximum atomic E-state index is 14.9. The second-order valence-electron chi connectivity index (χ2n) is 9.97. The van der Waals surface area contributed by atoms with Crippen LogP contribution >= 0.6 is 11.6 Å². The lowest BCUT2D eigenvalue weighted by Gasteiger charge is -2.37. The van der Waals surface area contributed by atoms with E-state index in [4.69, 9.17) is 11.6 Å². The van der Waals surface area contributed by atoms with E-state index < -0.39 is 35.7 Å². The van der Waals surface area contributed by atoms with Crippen molar-refractivity contribution in [3.63, 3.8) is 0 Å². The molecule has 2 amide bonds. The minimum Gasteiger partial charge on any atom is -0.367 e. The third kappa shape index (κ3) is 7.82. The molecule has 13 heteroatoms. The molecule has 2 aliphatic rings. The number of benzene rings is 2. The molecule has 1 atom stereocenters. The molecular weight excluding hydrogens is 557 g/mol. The Morgan fingerprint density at radius 1 is 1.05 bits per heavy atom. The summed E-state index contributed by atoms with van der Waals surface area (Å²) in [5.41, 5.74) is 0.229. The van der Waals surface area contributed by atoms with Gasteiger partial charge in [-0.3, -0.25) is 14.5 Å². The highest BCUT2D eigenvalue weighted by Gasteiger charge is 2.29. The summed E-state index contributed by atoms with van der Waals surface area (Å²) in [6.45, 7) is 2.60. The predicted octanol–water partition coefficient (Wildman–Crippen LogP) is 4.56. The molecule has 0 bridgehead atoms. The number of nitrogens with one attached hydrogen (secondary N) is 3. The predicted molar refractivity (Wildman–Crippen MR) is 143 cm³/mol. The van der Waals surface area contributed by atoms with E-state index in [2.05, 4.69) is 16.0 Å². The number of hydrogen-bond donors (Lipinski definition) is 3. The molecule has 2 aromatic rings. The number of anilines is 2. The zero-order valence-corrected chi connectivity index (χ0v) is 22.5. The maximum absolute atomic E-state index is 14.9. The number of rotatable bonds is 8. The molecule has 218 valence electrons. The van der Waals surface area contributed by atoms with Gasteiger partial charge in [-0.1, -0.05) is 17.7 Å². The van der Waals surface area contributed by atoms with E-state index in [1.807, 2.05) is 4.90 Å². The first-order valence-electron chi connectivity index (χ1n) is 13.1. The number of piperidine rings is 1. The van der Waals surface area contributed by atoms with Crippen LogP contribution in [0.3, 0.4) is 0 Å². The molecule has 2 aromatic carbocycles. The molecule has 7 nitrogen and oxygen atoms in total. The molecule has 2 fully saturated rings. The molecule has 4 rings (SSSR count). The number of amides is 2. The zero-order valence-electron chi connectivity index (χ0n) is 21.7. The summed E-state index contributed by atoms with van der Waals surface area (Å²) in [4.78, 5) is 28.9. The SMILES string of the molecule is O=C(Nc1ccc(Cl)cc1N1CCN(CCC(F)(F)F)CC1)c1ccc(CNC(=O)C2CCCNC2)c(F)c1F. The Kier molecular flexibility index (Phi) is 9.85. The van der Waals surface area contributed by atoms with Crippen LogP contribution in [0.2, 0.25) is 5.02 Å².